The van der Waals surface area contributed by atoms with Gasteiger partial charge in [0.15, 0.2) is 0 Å². The van der Waals surface area contributed by atoms with E-state index in [2.05, 4.69) is 19.7 Å². The maximum atomic E-state index is 12.2. The summed E-state index contributed by atoms with van der Waals surface area (Å²) in [5.41, 5.74) is 1.41. The van der Waals surface area contributed by atoms with Gasteiger partial charge in [0.2, 0.25) is 0 Å². The fourth-order valence-electron chi connectivity index (χ4n) is 1.99. The maximum Gasteiger partial charge on any atom is 0.389 e. The van der Waals surface area contributed by atoms with Crippen LogP contribution < -0.4 is 9.64 Å². The van der Waals surface area contributed by atoms with Crippen molar-refractivity contribution in [1.82, 2.24) is 15.0 Å². The fourth-order valence-corrected chi connectivity index (χ4v) is 2.21. The quantitative estimate of drug-likeness (QED) is 0.813. The Hall–Kier alpha value is -2.35. The smallest absolute Gasteiger partial charge is 0.389 e. The minimum atomic E-state index is -3.00. The number of hydrogen-bond donors (Lipinski definition) is 0. The first-order valence-corrected chi connectivity index (χ1v) is 6.16. The molecule has 1 amide bonds. The van der Waals surface area contributed by atoms with Crippen LogP contribution in [0, 0.1) is 0 Å². The molecule has 21 heavy (non-hydrogen) atoms. The molecule has 0 fully saturated rings. The molecular weight excluding hydrogens is 306 g/mol. The van der Waals surface area contributed by atoms with Crippen molar-refractivity contribution in [2.45, 2.75) is 13.2 Å². The van der Waals surface area contributed by atoms with Gasteiger partial charge in [-0.1, -0.05) is 11.6 Å². The molecule has 3 heterocycles. The summed E-state index contributed by atoms with van der Waals surface area (Å²) in [7, 11) is 0. The van der Waals surface area contributed by atoms with E-state index in [1.165, 1.54) is 23.5 Å². The van der Waals surface area contributed by atoms with Crippen LogP contribution in [0.3, 0.4) is 0 Å². The van der Waals surface area contributed by atoms with Crippen LogP contribution in [0.15, 0.2) is 24.7 Å². The van der Waals surface area contributed by atoms with Gasteiger partial charge in [-0.25, -0.2) is 15.0 Å². The van der Waals surface area contributed by atoms with Gasteiger partial charge >= 0.3 is 12.6 Å². The number of anilines is 1. The summed E-state index contributed by atoms with van der Waals surface area (Å²) in [5.74, 6) is -0.277. The minimum absolute atomic E-state index is 0.221. The molecule has 2 aromatic rings. The number of pyridine rings is 1. The topological polar surface area (TPSA) is 68.2 Å². The van der Waals surface area contributed by atoms with Crippen molar-refractivity contribution in [1.29, 1.82) is 0 Å². The second-order valence-corrected chi connectivity index (χ2v) is 4.48. The van der Waals surface area contributed by atoms with Gasteiger partial charge in [-0.05, 0) is 6.07 Å². The Labute approximate surface area is 122 Å². The highest BCUT2D eigenvalue weighted by Gasteiger charge is 2.31. The number of carbonyl (C=O) groups excluding carboxylic acids is 1. The SMILES string of the molecule is O=C1c2ccnc(Cl)c2CN1c1cnc(OC(F)F)nc1. The van der Waals surface area contributed by atoms with Gasteiger partial charge in [-0.15, -0.1) is 0 Å². The van der Waals surface area contributed by atoms with Crippen LogP contribution in [0.25, 0.3) is 0 Å². The van der Waals surface area contributed by atoms with Crippen molar-refractivity contribution < 1.29 is 18.3 Å². The van der Waals surface area contributed by atoms with Crippen molar-refractivity contribution >= 4 is 23.2 Å². The Kier molecular flexibility index (Phi) is 3.38. The zero-order valence-electron chi connectivity index (χ0n) is 10.3. The summed E-state index contributed by atoms with van der Waals surface area (Å²) in [4.78, 5) is 24.8. The van der Waals surface area contributed by atoms with Crippen molar-refractivity contribution in [3.05, 3.63) is 40.9 Å². The molecule has 0 aliphatic carbocycles. The lowest BCUT2D eigenvalue weighted by Gasteiger charge is -2.14. The van der Waals surface area contributed by atoms with Crippen molar-refractivity contribution in [3.8, 4) is 6.01 Å². The third kappa shape index (κ3) is 2.49. The summed E-state index contributed by atoms with van der Waals surface area (Å²) in [6, 6.07) is 1.11. The molecule has 108 valence electrons. The third-order valence-corrected chi connectivity index (χ3v) is 3.24. The molecule has 1 aliphatic rings. The van der Waals surface area contributed by atoms with E-state index in [0.717, 1.165) is 0 Å². The van der Waals surface area contributed by atoms with Gasteiger partial charge in [0.25, 0.3) is 5.91 Å². The monoisotopic (exact) mass is 312 g/mol. The lowest BCUT2D eigenvalue weighted by molar-refractivity contribution is -0.0560. The number of rotatable bonds is 3. The summed E-state index contributed by atoms with van der Waals surface area (Å²) in [6.45, 7) is -2.78. The van der Waals surface area contributed by atoms with Crippen LogP contribution in [0.2, 0.25) is 5.15 Å². The second-order valence-electron chi connectivity index (χ2n) is 4.12. The lowest BCUT2D eigenvalue weighted by atomic mass is 10.2. The molecule has 0 atom stereocenters. The van der Waals surface area contributed by atoms with E-state index in [1.807, 2.05) is 0 Å². The van der Waals surface area contributed by atoms with E-state index in [-0.39, 0.29) is 17.6 Å². The van der Waals surface area contributed by atoms with Crippen LogP contribution in [0.5, 0.6) is 6.01 Å². The van der Waals surface area contributed by atoms with Crippen molar-refractivity contribution in [2.24, 2.45) is 0 Å². The normalized spacial score (nSPS) is 13.7. The number of halogens is 3. The fraction of sp³-hybridized carbons (Fsp3) is 0.167. The summed E-state index contributed by atoms with van der Waals surface area (Å²) in [6.07, 6.45) is 3.91. The summed E-state index contributed by atoms with van der Waals surface area (Å²) in [5, 5.41) is 0.252. The van der Waals surface area contributed by atoms with E-state index in [4.69, 9.17) is 11.6 Å². The maximum absolute atomic E-state index is 12.2. The molecule has 0 aromatic carbocycles. The Balaban J connectivity index is 1.86. The van der Waals surface area contributed by atoms with Crippen LogP contribution in [-0.4, -0.2) is 27.5 Å². The predicted octanol–water partition coefficient (Wildman–Crippen LogP) is 2.29. The number of ether oxygens (including phenoxy) is 1. The molecule has 0 radical (unpaired) electrons. The van der Waals surface area contributed by atoms with E-state index in [9.17, 15) is 13.6 Å². The minimum Gasteiger partial charge on any atom is -0.401 e. The highest BCUT2D eigenvalue weighted by molar-refractivity contribution is 6.31. The van der Waals surface area contributed by atoms with Crippen molar-refractivity contribution in [3.63, 3.8) is 0 Å². The van der Waals surface area contributed by atoms with Gasteiger partial charge in [0.05, 0.1) is 24.6 Å². The molecule has 3 rings (SSSR count). The molecule has 0 saturated carbocycles. The molecule has 0 unspecified atom stereocenters. The molecule has 9 heteroatoms. The highest BCUT2D eigenvalue weighted by Crippen LogP contribution is 2.31. The van der Waals surface area contributed by atoms with Gasteiger partial charge in [0.1, 0.15) is 5.15 Å². The lowest BCUT2D eigenvalue weighted by Crippen LogP contribution is -2.23. The zero-order valence-corrected chi connectivity index (χ0v) is 11.1. The first-order chi connectivity index (χ1) is 10.1. The Morgan fingerprint density at radius 2 is 2.00 bits per heavy atom. The number of fused-ring (bicyclic) bond motifs is 1. The average molecular weight is 313 g/mol. The molecule has 0 spiro atoms. The largest absolute Gasteiger partial charge is 0.401 e. The average Bonchev–Trinajstić information content (AvgIpc) is 2.78. The van der Waals surface area contributed by atoms with Gasteiger partial charge < -0.3 is 9.64 Å². The van der Waals surface area contributed by atoms with Crippen LogP contribution in [0.1, 0.15) is 15.9 Å². The molecule has 6 nitrogen and oxygen atoms in total. The zero-order chi connectivity index (χ0) is 15.0. The molecule has 0 N–H and O–H groups in total. The predicted molar refractivity (Wildman–Crippen MR) is 68.4 cm³/mol. The van der Waals surface area contributed by atoms with E-state index < -0.39 is 12.6 Å². The van der Waals surface area contributed by atoms with Crippen LogP contribution in [-0.2, 0) is 6.54 Å². The number of aromatic nitrogens is 3. The van der Waals surface area contributed by atoms with E-state index in [1.54, 1.807) is 6.07 Å². The second kappa shape index (κ2) is 5.21. The van der Waals surface area contributed by atoms with Crippen LogP contribution >= 0.6 is 11.6 Å². The van der Waals surface area contributed by atoms with E-state index in [0.29, 0.717) is 16.8 Å². The third-order valence-electron chi connectivity index (χ3n) is 2.92. The first-order valence-electron chi connectivity index (χ1n) is 5.78. The number of amides is 1. The summed E-state index contributed by atoms with van der Waals surface area (Å²) < 4.78 is 28.1. The number of carbonyl (C=O) groups is 1. The number of alkyl halides is 2. The first kappa shape index (κ1) is 13.6. The molecular formula is C12H7ClF2N4O2. The Bertz CT molecular complexity index is 696. The van der Waals surface area contributed by atoms with Crippen LogP contribution in [0.4, 0.5) is 14.5 Å². The Morgan fingerprint density at radius 3 is 2.62 bits per heavy atom. The highest BCUT2D eigenvalue weighted by atomic mass is 35.5. The number of nitrogens with zero attached hydrogens (tertiary/aromatic N) is 4. The molecule has 0 saturated heterocycles. The molecule has 0 bridgehead atoms. The van der Waals surface area contributed by atoms with Crippen molar-refractivity contribution in [2.75, 3.05) is 4.90 Å². The van der Waals surface area contributed by atoms with Gasteiger partial charge in [0, 0.05) is 17.3 Å². The number of hydrogen-bond acceptors (Lipinski definition) is 5. The summed E-state index contributed by atoms with van der Waals surface area (Å²) >= 11 is 5.95. The molecule has 1 aliphatic heterocycles. The standard InChI is InChI=1S/C12H7ClF2N4O2/c13-9-8-5-19(10(20)7(8)1-2-16-9)6-3-17-12(18-4-6)21-11(14)15/h1-4,11H,5H2. The van der Waals surface area contributed by atoms with E-state index >= 15 is 0 Å². The van der Waals surface area contributed by atoms with Gasteiger partial charge in [-0.2, -0.15) is 8.78 Å². The molecule has 2 aromatic heterocycles. The van der Waals surface area contributed by atoms with Gasteiger partial charge in [-0.3, -0.25) is 4.79 Å². The Morgan fingerprint density at radius 1 is 1.29 bits per heavy atom.